The number of carbonyl (C=O) groups is 1. The molecule has 19 heavy (non-hydrogen) atoms. The van der Waals surface area contributed by atoms with E-state index in [9.17, 15) is 4.79 Å². The van der Waals surface area contributed by atoms with Crippen molar-refractivity contribution in [3.63, 3.8) is 0 Å². The Bertz CT molecular complexity index is 256. The minimum Gasteiger partial charge on any atom is -0.376 e. The first-order valence-corrected chi connectivity index (χ1v) is 7.45. The number of hydrogen-bond donors (Lipinski definition) is 1. The molecule has 1 amide bonds. The van der Waals surface area contributed by atoms with Gasteiger partial charge in [0.2, 0.25) is 5.91 Å². The predicted octanol–water partition coefficient (Wildman–Crippen LogP) is 0.783. The molecule has 5 nitrogen and oxygen atoms in total. The first-order valence-electron chi connectivity index (χ1n) is 7.45. The molecular formula is C14H26N2O3. The average molecular weight is 270 g/mol. The number of ether oxygens (including phenoxy) is 2. The lowest BCUT2D eigenvalue weighted by molar-refractivity contribution is -0.134. The molecule has 0 bridgehead atoms. The molecule has 0 aromatic rings. The Hall–Kier alpha value is -0.650. The molecule has 0 aliphatic carbocycles. The Balaban J connectivity index is 1.84. The van der Waals surface area contributed by atoms with E-state index in [1.807, 2.05) is 11.9 Å². The Kier molecular flexibility index (Phi) is 6.07. The smallest absolute Gasteiger partial charge is 0.224 e. The topological polar surface area (TPSA) is 50.8 Å². The summed E-state index contributed by atoms with van der Waals surface area (Å²) >= 11 is 0. The highest BCUT2D eigenvalue weighted by atomic mass is 16.5. The zero-order valence-electron chi connectivity index (χ0n) is 11.9. The van der Waals surface area contributed by atoms with Crippen LogP contribution in [0.4, 0.5) is 0 Å². The van der Waals surface area contributed by atoms with Crippen molar-refractivity contribution >= 4 is 5.91 Å². The van der Waals surface area contributed by atoms with E-state index in [0.717, 1.165) is 58.5 Å². The van der Waals surface area contributed by atoms with Crippen molar-refractivity contribution in [1.82, 2.24) is 10.2 Å². The van der Waals surface area contributed by atoms with Gasteiger partial charge in [0.15, 0.2) is 0 Å². The standard InChI is InChI=1S/C14H26N2O3/c1-15-7-6-14(17)16(10-12-4-2-8-18-12)11-13-5-3-9-19-13/h12-13,15H,2-11H2,1H3. The fourth-order valence-corrected chi connectivity index (χ4v) is 2.74. The van der Waals surface area contributed by atoms with Crippen molar-refractivity contribution in [3.8, 4) is 0 Å². The third kappa shape index (κ3) is 4.75. The molecule has 0 aromatic heterocycles. The molecule has 0 aromatic carbocycles. The van der Waals surface area contributed by atoms with Crippen molar-refractivity contribution in [1.29, 1.82) is 0 Å². The molecule has 2 fully saturated rings. The first-order chi connectivity index (χ1) is 9.29. The van der Waals surface area contributed by atoms with Crippen LogP contribution in [0.1, 0.15) is 32.1 Å². The zero-order chi connectivity index (χ0) is 13.5. The number of hydrogen-bond acceptors (Lipinski definition) is 4. The van der Waals surface area contributed by atoms with Crippen LogP contribution in [0.2, 0.25) is 0 Å². The molecule has 0 radical (unpaired) electrons. The molecule has 2 saturated heterocycles. The van der Waals surface area contributed by atoms with Gasteiger partial charge < -0.3 is 19.7 Å². The fraction of sp³-hybridized carbons (Fsp3) is 0.929. The summed E-state index contributed by atoms with van der Waals surface area (Å²) in [4.78, 5) is 14.2. The zero-order valence-corrected chi connectivity index (χ0v) is 11.9. The molecule has 2 heterocycles. The normalized spacial score (nSPS) is 26.8. The SMILES string of the molecule is CNCCC(=O)N(CC1CCCO1)CC1CCCO1. The van der Waals surface area contributed by atoms with Crippen molar-refractivity contribution < 1.29 is 14.3 Å². The van der Waals surface area contributed by atoms with Gasteiger partial charge in [-0.3, -0.25) is 4.79 Å². The van der Waals surface area contributed by atoms with E-state index in [4.69, 9.17) is 9.47 Å². The van der Waals surface area contributed by atoms with Crippen LogP contribution in [0.5, 0.6) is 0 Å². The Morgan fingerprint density at radius 1 is 1.16 bits per heavy atom. The van der Waals surface area contributed by atoms with E-state index in [0.29, 0.717) is 6.42 Å². The summed E-state index contributed by atoms with van der Waals surface area (Å²) in [5.74, 6) is 0.209. The van der Waals surface area contributed by atoms with E-state index in [-0.39, 0.29) is 18.1 Å². The lowest BCUT2D eigenvalue weighted by atomic mass is 10.2. The molecule has 2 atom stereocenters. The second-order valence-corrected chi connectivity index (χ2v) is 5.42. The fourth-order valence-electron chi connectivity index (χ4n) is 2.74. The molecule has 110 valence electrons. The maximum atomic E-state index is 12.3. The first kappa shape index (κ1) is 14.8. The van der Waals surface area contributed by atoms with Crippen LogP contribution >= 0.6 is 0 Å². The monoisotopic (exact) mass is 270 g/mol. The van der Waals surface area contributed by atoms with Crippen molar-refractivity contribution in [3.05, 3.63) is 0 Å². The van der Waals surface area contributed by atoms with Crippen LogP contribution in [-0.4, -0.2) is 62.9 Å². The van der Waals surface area contributed by atoms with E-state index >= 15 is 0 Å². The second-order valence-electron chi connectivity index (χ2n) is 5.42. The summed E-state index contributed by atoms with van der Waals surface area (Å²) < 4.78 is 11.3. The Morgan fingerprint density at radius 3 is 2.16 bits per heavy atom. The maximum Gasteiger partial charge on any atom is 0.224 e. The van der Waals surface area contributed by atoms with Gasteiger partial charge in [-0.15, -0.1) is 0 Å². The predicted molar refractivity (Wildman–Crippen MR) is 73.1 cm³/mol. The van der Waals surface area contributed by atoms with Crippen molar-refractivity contribution in [2.45, 2.75) is 44.3 Å². The number of nitrogens with zero attached hydrogens (tertiary/aromatic N) is 1. The van der Waals surface area contributed by atoms with Gasteiger partial charge >= 0.3 is 0 Å². The van der Waals surface area contributed by atoms with Crippen molar-refractivity contribution in [2.24, 2.45) is 0 Å². The summed E-state index contributed by atoms with van der Waals surface area (Å²) in [5, 5.41) is 3.03. The van der Waals surface area contributed by atoms with Crippen molar-refractivity contribution in [2.75, 3.05) is 39.9 Å². The van der Waals surface area contributed by atoms with Crippen LogP contribution in [0.3, 0.4) is 0 Å². The lowest BCUT2D eigenvalue weighted by Crippen LogP contribution is -2.42. The van der Waals surface area contributed by atoms with Gasteiger partial charge in [-0.2, -0.15) is 0 Å². The highest BCUT2D eigenvalue weighted by Gasteiger charge is 2.26. The van der Waals surface area contributed by atoms with Gasteiger partial charge in [-0.05, 0) is 32.7 Å². The van der Waals surface area contributed by atoms with E-state index in [2.05, 4.69) is 5.32 Å². The molecule has 0 spiro atoms. The second kappa shape index (κ2) is 7.82. The number of nitrogens with one attached hydrogen (secondary N) is 1. The van der Waals surface area contributed by atoms with Gasteiger partial charge in [-0.25, -0.2) is 0 Å². The molecular weight excluding hydrogens is 244 g/mol. The molecule has 5 heteroatoms. The molecule has 2 aliphatic heterocycles. The largest absolute Gasteiger partial charge is 0.376 e. The Labute approximate surface area is 115 Å². The Morgan fingerprint density at radius 2 is 1.74 bits per heavy atom. The summed E-state index contributed by atoms with van der Waals surface area (Å²) in [6.45, 7) is 3.85. The third-order valence-electron chi connectivity index (χ3n) is 3.84. The van der Waals surface area contributed by atoms with Crippen LogP contribution in [0.25, 0.3) is 0 Å². The summed E-state index contributed by atoms with van der Waals surface area (Å²) in [6, 6.07) is 0. The van der Waals surface area contributed by atoms with E-state index < -0.39 is 0 Å². The van der Waals surface area contributed by atoms with Gasteiger partial charge in [0, 0.05) is 39.3 Å². The minimum absolute atomic E-state index is 0.209. The van der Waals surface area contributed by atoms with Crippen LogP contribution in [0.15, 0.2) is 0 Å². The number of amides is 1. The molecule has 1 N–H and O–H groups in total. The van der Waals surface area contributed by atoms with Crippen LogP contribution in [-0.2, 0) is 14.3 Å². The third-order valence-corrected chi connectivity index (χ3v) is 3.84. The van der Waals surface area contributed by atoms with E-state index in [1.54, 1.807) is 0 Å². The van der Waals surface area contributed by atoms with Gasteiger partial charge in [0.05, 0.1) is 12.2 Å². The van der Waals surface area contributed by atoms with Crippen LogP contribution in [0, 0.1) is 0 Å². The molecule has 2 rings (SSSR count). The number of rotatable bonds is 7. The molecule has 0 saturated carbocycles. The van der Waals surface area contributed by atoms with Gasteiger partial charge in [0.1, 0.15) is 0 Å². The lowest BCUT2D eigenvalue weighted by Gasteiger charge is -2.28. The molecule has 2 aliphatic rings. The highest BCUT2D eigenvalue weighted by molar-refractivity contribution is 5.76. The molecule has 2 unspecified atom stereocenters. The summed E-state index contributed by atoms with van der Waals surface area (Å²) in [5.41, 5.74) is 0. The van der Waals surface area contributed by atoms with Crippen LogP contribution < -0.4 is 5.32 Å². The summed E-state index contributed by atoms with van der Waals surface area (Å²) in [6.07, 6.45) is 5.37. The van der Waals surface area contributed by atoms with E-state index in [1.165, 1.54) is 0 Å². The maximum absolute atomic E-state index is 12.3. The minimum atomic E-state index is 0.209. The quantitative estimate of drug-likeness (QED) is 0.743. The average Bonchev–Trinajstić information content (AvgIpc) is 3.08. The highest BCUT2D eigenvalue weighted by Crippen LogP contribution is 2.17. The summed E-state index contributed by atoms with van der Waals surface area (Å²) in [7, 11) is 1.87. The van der Waals surface area contributed by atoms with Gasteiger partial charge in [-0.1, -0.05) is 0 Å². The van der Waals surface area contributed by atoms with Gasteiger partial charge in [0.25, 0.3) is 0 Å². The number of carbonyl (C=O) groups excluding carboxylic acids is 1.